The summed E-state index contributed by atoms with van der Waals surface area (Å²) in [4.78, 5) is 2.19. The minimum absolute atomic E-state index is 0.562. The van der Waals surface area contributed by atoms with E-state index in [2.05, 4.69) is 55.3 Å². The van der Waals surface area contributed by atoms with Crippen LogP contribution in [0.4, 0.5) is 11.4 Å². The Kier molecular flexibility index (Phi) is 3.45. The first-order chi connectivity index (χ1) is 8.24. The molecule has 0 radical (unpaired) electrons. The van der Waals surface area contributed by atoms with Crippen LogP contribution in [0.1, 0.15) is 11.1 Å². The van der Waals surface area contributed by atoms with Crippen molar-refractivity contribution in [3.63, 3.8) is 0 Å². The number of nitrogens with zero attached hydrogens (tertiary/aromatic N) is 1. The van der Waals surface area contributed by atoms with Crippen molar-refractivity contribution in [2.24, 2.45) is 5.73 Å². The molecule has 2 heteroatoms. The first kappa shape index (κ1) is 11.7. The lowest BCUT2D eigenvalue weighted by Crippen LogP contribution is -2.14. The molecule has 0 aliphatic heterocycles. The van der Waals surface area contributed by atoms with Crippen LogP contribution in [0.15, 0.2) is 48.5 Å². The van der Waals surface area contributed by atoms with Crippen molar-refractivity contribution in [2.45, 2.75) is 13.5 Å². The summed E-state index contributed by atoms with van der Waals surface area (Å²) in [7, 11) is 2.08. The van der Waals surface area contributed by atoms with Gasteiger partial charge < -0.3 is 10.6 Å². The third kappa shape index (κ3) is 2.32. The van der Waals surface area contributed by atoms with Crippen molar-refractivity contribution in [3.8, 4) is 0 Å². The SMILES string of the molecule is Cc1ccccc1N(C)c1ccccc1CN. The lowest BCUT2D eigenvalue weighted by molar-refractivity contribution is 1.04. The van der Waals surface area contributed by atoms with Gasteiger partial charge in [-0.3, -0.25) is 0 Å². The summed E-state index contributed by atoms with van der Waals surface area (Å²) in [5, 5.41) is 0. The molecule has 0 aliphatic carbocycles. The average molecular weight is 226 g/mol. The quantitative estimate of drug-likeness (QED) is 0.870. The van der Waals surface area contributed by atoms with E-state index in [0.29, 0.717) is 6.54 Å². The summed E-state index contributed by atoms with van der Waals surface area (Å²) < 4.78 is 0. The zero-order valence-corrected chi connectivity index (χ0v) is 10.4. The molecular weight excluding hydrogens is 208 g/mol. The van der Waals surface area contributed by atoms with E-state index >= 15 is 0 Å². The maximum absolute atomic E-state index is 5.78. The number of hydrogen-bond acceptors (Lipinski definition) is 2. The maximum atomic E-state index is 5.78. The Morgan fingerprint density at radius 1 is 0.941 bits per heavy atom. The van der Waals surface area contributed by atoms with Crippen molar-refractivity contribution in [1.29, 1.82) is 0 Å². The molecule has 2 aromatic rings. The number of anilines is 2. The maximum Gasteiger partial charge on any atom is 0.0453 e. The van der Waals surface area contributed by atoms with E-state index in [-0.39, 0.29) is 0 Å². The van der Waals surface area contributed by atoms with Gasteiger partial charge in [0.05, 0.1) is 0 Å². The van der Waals surface area contributed by atoms with Gasteiger partial charge in [0.2, 0.25) is 0 Å². The Morgan fingerprint density at radius 3 is 2.18 bits per heavy atom. The Balaban J connectivity index is 2.44. The van der Waals surface area contributed by atoms with Crippen molar-refractivity contribution < 1.29 is 0 Å². The molecule has 0 spiro atoms. The van der Waals surface area contributed by atoms with Gasteiger partial charge in [-0.05, 0) is 30.2 Å². The molecule has 0 fully saturated rings. The van der Waals surface area contributed by atoms with Crippen molar-refractivity contribution in [3.05, 3.63) is 59.7 Å². The highest BCUT2D eigenvalue weighted by atomic mass is 15.1. The van der Waals surface area contributed by atoms with E-state index in [4.69, 9.17) is 5.73 Å². The van der Waals surface area contributed by atoms with Gasteiger partial charge in [-0.2, -0.15) is 0 Å². The van der Waals surface area contributed by atoms with Gasteiger partial charge >= 0.3 is 0 Å². The molecule has 0 heterocycles. The molecule has 0 unspecified atom stereocenters. The number of hydrogen-bond donors (Lipinski definition) is 1. The molecule has 0 amide bonds. The van der Waals surface area contributed by atoms with E-state index < -0.39 is 0 Å². The molecule has 0 aromatic heterocycles. The number of rotatable bonds is 3. The minimum Gasteiger partial charge on any atom is -0.344 e. The molecule has 2 rings (SSSR count). The van der Waals surface area contributed by atoms with Crippen molar-refractivity contribution in [2.75, 3.05) is 11.9 Å². The Morgan fingerprint density at radius 2 is 1.53 bits per heavy atom. The van der Waals surface area contributed by atoms with Crippen LogP contribution in [0.25, 0.3) is 0 Å². The van der Waals surface area contributed by atoms with E-state index in [1.165, 1.54) is 22.5 Å². The second-order valence-corrected chi connectivity index (χ2v) is 4.18. The Hall–Kier alpha value is -1.80. The fourth-order valence-electron chi connectivity index (χ4n) is 2.08. The molecular formula is C15H18N2. The molecule has 0 saturated heterocycles. The zero-order chi connectivity index (χ0) is 12.3. The normalized spacial score (nSPS) is 10.3. The fraction of sp³-hybridized carbons (Fsp3) is 0.200. The summed E-state index contributed by atoms with van der Waals surface area (Å²) in [6.07, 6.45) is 0. The third-order valence-electron chi connectivity index (χ3n) is 3.05. The van der Waals surface area contributed by atoms with Gasteiger partial charge in [0.1, 0.15) is 0 Å². The highest BCUT2D eigenvalue weighted by Gasteiger charge is 2.09. The lowest BCUT2D eigenvalue weighted by Gasteiger charge is -2.23. The van der Waals surface area contributed by atoms with Crippen LogP contribution in [-0.2, 0) is 6.54 Å². The Bertz CT molecular complexity index is 506. The van der Waals surface area contributed by atoms with Gasteiger partial charge in [-0.1, -0.05) is 36.4 Å². The molecule has 2 aromatic carbocycles. The standard InChI is InChI=1S/C15H18N2/c1-12-7-3-5-9-14(12)17(2)15-10-6-4-8-13(15)11-16/h3-10H,11,16H2,1-2H3. The predicted molar refractivity (Wildman–Crippen MR) is 73.6 cm³/mol. The average Bonchev–Trinajstić information content (AvgIpc) is 2.38. The summed E-state index contributed by atoms with van der Waals surface area (Å²) in [5.41, 5.74) is 10.6. The molecule has 0 saturated carbocycles. The molecule has 17 heavy (non-hydrogen) atoms. The topological polar surface area (TPSA) is 29.3 Å². The molecule has 88 valence electrons. The highest BCUT2D eigenvalue weighted by molar-refractivity contribution is 5.68. The molecule has 0 bridgehead atoms. The summed E-state index contributed by atoms with van der Waals surface area (Å²) in [6, 6.07) is 16.6. The van der Waals surface area contributed by atoms with Crippen LogP contribution in [0.2, 0.25) is 0 Å². The molecule has 0 atom stereocenters. The summed E-state index contributed by atoms with van der Waals surface area (Å²) in [5.74, 6) is 0. The largest absolute Gasteiger partial charge is 0.344 e. The number of benzene rings is 2. The number of nitrogens with two attached hydrogens (primary N) is 1. The lowest BCUT2D eigenvalue weighted by atomic mass is 10.1. The van der Waals surface area contributed by atoms with Gasteiger partial charge in [-0.25, -0.2) is 0 Å². The van der Waals surface area contributed by atoms with Crippen LogP contribution >= 0.6 is 0 Å². The monoisotopic (exact) mass is 226 g/mol. The third-order valence-corrected chi connectivity index (χ3v) is 3.05. The smallest absolute Gasteiger partial charge is 0.0453 e. The molecule has 2 nitrogen and oxygen atoms in total. The van der Waals surface area contributed by atoms with Gasteiger partial charge in [-0.15, -0.1) is 0 Å². The summed E-state index contributed by atoms with van der Waals surface area (Å²) >= 11 is 0. The minimum atomic E-state index is 0.562. The predicted octanol–water partition coefficient (Wildman–Crippen LogP) is 3.22. The van der Waals surface area contributed by atoms with E-state index in [9.17, 15) is 0 Å². The Labute approximate surface area is 103 Å². The molecule has 0 aliphatic rings. The zero-order valence-electron chi connectivity index (χ0n) is 10.4. The van der Waals surface area contributed by atoms with Crippen LogP contribution in [0, 0.1) is 6.92 Å². The second-order valence-electron chi connectivity index (χ2n) is 4.18. The fourth-order valence-corrected chi connectivity index (χ4v) is 2.08. The van der Waals surface area contributed by atoms with Crippen LogP contribution in [0.3, 0.4) is 0 Å². The molecule has 2 N–H and O–H groups in total. The van der Waals surface area contributed by atoms with Gasteiger partial charge in [0.15, 0.2) is 0 Å². The van der Waals surface area contributed by atoms with E-state index in [0.717, 1.165) is 0 Å². The van der Waals surface area contributed by atoms with Crippen LogP contribution in [0.5, 0.6) is 0 Å². The van der Waals surface area contributed by atoms with Crippen LogP contribution in [-0.4, -0.2) is 7.05 Å². The van der Waals surface area contributed by atoms with Crippen molar-refractivity contribution in [1.82, 2.24) is 0 Å². The van der Waals surface area contributed by atoms with Gasteiger partial charge in [0, 0.05) is 25.0 Å². The first-order valence-corrected chi connectivity index (χ1v) is 5.81. The number of aryl methyl sites for hydroxylation is 1. The first-order valence-electron chi connectivity index (χ1n) is 5.81. The van der Waals surface area contributed by atoms with E-state index in [1.54, 1.807) is 0 Å². The highest BCUT2D eigenvalue weighted by Crippen LogP contribution is 2.28. The van der Waals surface area contributed by atoms with Gasteiger partial charge in [0.25, 0.3) is 0 Å². The number of para-hydroxylation sites is 2. The van der Waals surface area contributed by atoms with Crippen LogP contribution < -0.4 is 10.6 Å². The van der Waals surface area contributed by atoms with Crippen molar-refractivity contribution >= 4 is 11.4 Å². The van der Waals surface area contributed by atoms with E-state index in [1.807, 2.05) is 12.1 Å². The second kappa shape index (κ2) is 5.02. The summed E-state index contributed by atoms with van der Waals surface area (Å²) in [6.45, 7) is 2.68.